The molecular weight excluding hydrogens is 262 g/mol. The van der Waals surface area contributed by atoms with Gasteiger partial charge >= 0.3 is 0 Å². The van der Waals surface area contributed by atoms with E-state index in [1.165, 1.54) is 0 Å². The molecule has 4 heteroatoms. The fraction of sp³-hybridized carbons (Fsp3) is 0.529. The van der Waals surface area contributed by atoms with Crippen molar-refractivity contribution in [2.75, 3.05) is 19.6 Å². The maximum atomic E-state index is 12.7. The molecule has 1 fully saturated rings. The van der Waals surface area contributed by atoms with Gasteiger partial charge in [-0.25, -0.2) is 0 Å². The molecule has 0 aliphatic carbocycles. The van der Waals surface area contributed by atoms with Crippen LogP contribution in [0, 0.1) is 0 Å². The summed E-state index contributed by atoms with van der Waals surface area (Å²) in [6, 6.07) is 5.92. The molecular formula is C17H25N3O. The Morgan fingerprint density at radius 3 is 2.95 bits per heavy atom. The van der Waals surface area contributed by atoms with Crippen LogP contribution in [0.3, 0.4) is 0 Å². The van der Waals surface area contributed by atoms with Crippen molar-refractivity contribution in [3.8, 4) is 0 Å². The highest BCUT2D eigenvalue weighted by Crippen LogP contribution is 2.21. The second kappa shape index (κ2) is 7.36. The molecule has 0 radical (unpaired) electrons. The van der Waals surface area contributed by atoms with E-state index in [0.29, 0.717) is 6.54 Å². The SMILES string of the molecule is C=C(C)CN(CC)C(=O)C1CCCN1Cc1ccccn1. The van der Waals surface area contributed by atoms with Gasteiger partial charge in [-0.3, -0.25) is 14.7 Å². The van der Waals surface area contributed by atoms with Crippen LogP contribution in [0.15, 0.2) is 36.5 Å². The minimum absolute atomic E-state index is 0.00805. The Hall–Kier alpha value is -1.68. The van der Waals surface area contributed by atoms with Crippen molar-refractivity contribution >= 4 is 5.91 Å². The van der Waals surface area contributed by atoms with Crippen LogP contribution in [-0.2, 0) is 11.3 Å². The van der Waals surface area contributed by atoms with E-state index in [4.69, 9.17) is 0 Å². The lowest BCUT2D eigenvalue weighted by Gasteiger charge is -2.29. The number of carbonyl (C=O) groups is 1. The number of likely N-dealkylation sites (tertiary alicyclic amines) is 1. The van der Waals surface area contributed by atoms with Gasteiger partial charge in [-0.2, -0.15) is 0 Å². The van der Waals surface area contributed by atoms with E-state index in [1.807, 2.05) is 43.1 Å². The first-order chi connectivity index (χ1) is 10.1. The van der Waals surface area contributed by atoms with Crippen LogP contribution in [0.5, 0.6) is 0 Å². The van der Waals surface area contributed by atoms with Crippen molar-refractivity contribution in [2.45, 2.75) is 39.3 Å². The van der Waals surface area contributed by atoms with E-state index in [0.717, 1.165) is 43.7 Å². The Kier molecular flexibility index (Phi) is 5.51. The third kappa shape index (κ3) is 4.14. The van der Waals surface area contributed by atoms with Gasteiger partial charge in [0.1, 0.15) is 0 Å². The monoisotopic (exact) mass is 287 g/mol. The van der Waals surface area contributed by atoms with Crippen LogP contribution in [0.1, 0.15) is 32.4 Å². The van der Waals surface area contributed by atoms with Crippen molar-refractivity contribution in [2.24, 2.45) is 0 Å². The third-order valence-corrected chi connectivity index (χ3v) is 3.89. The van der Waals surface area contributed by atoms with E-state index in [-0.39, 0.29) is 11.9 Å². The first-order valence-corrected chi connectivity index (χ1v) is 7.69. The highest BCUT2D eigenvalue weighted by atomic mass is 16.2. The summed E-state index contributed by atoms with van der Waals surface area (Å²) in [4.78, 5) is 21.3. The fourth-order valence-electron chi connectivity index (χ4n) is 2.88. The Bertz CT molecular complexity index is 486. The zero-order chi connectivity index (χ0) is 15.2. The Balaban J connectivity index is 2.03. The lowest BCUT2D eigenvalue weighted by molar-refractivity contribution is -0.135. The van der Waals surface area contributed by atoms with Crippen molar-refractivity contribution in [3.63, 3.8) is 0 Å². The average Bonchev–Trinajstić information content (AvgIpc) is 2.93. The number of hydrogen-bond acceptors (Lipinski definition) is 3. The summed E-state index contributed by atoms with van der Waals surface area (Å²) in [7, 11) is 0. The molecule has 1 aromatic rings. The van der Waals surface area contributed by atoms with Crippen molar-refractivity contribution in [1.29, 1.82) is 0 Å². The van der Waals surface area contributed by atoms with E-state index >= 15 is 0 Å². The summed E-state index contributed by atoms with van der Waals surface area (Å²) in [5.41, 5.74) is 2.06. The normalized spacial score (nSPS) is 18.7. The number of pyridine rings is 1. The number of carbonyl (C=O) groups excluding carboxylic acids is 1. The summed E-state index contributed by atoms with van der Waals surface area (Å²) in [5, 5.41) is 0. The molecule has 0 aromatic carbocycles. The summed E-state index contributed by atoms with van der Waals surface area (Å²) < 4.78 is 0. The highest BCUT2D eigenvalue weighted by Gasteiger charge is 2.33. The molecule has 4 nitrogen and oxygen atoms in total. The van der Waals surface area contributed by atoms with Crippen LogP contribution in [0.2, 0.25) is 0 Å². The van der Waals surface area contributed by atoms with Gasteiger partial charge in [-0.1, -0.05) is 18.2 Å². The molecule has 1 aromatic heterocycles. The van der Waals surface area contributed by atoms with Crippen molar-refractivity contribution < 1.29 is 4.79 Å². The molecule has 0 bridgehead atoms. The van der Waals surface area contributed by atoms with Gasteiger partial charge in [0.05, 0.1) is 11.7 Å². The zero-order valence-electron chi connectivity index (χ0n) is 13.1. The zero-order valence-corrected chi connectivity index (χ0v) is 13.1. The molecule has 0 saturated carbocycles. The minimum atomic E-state index is -0.00805. The maximum Gasteiger partial charge on any atom is 0.240 e. The molecule has 114 valence electrons. The molecule has 2 heterocycles. The summed E-state index contributed by atoms with van der Waals surface area (Å²) in [6.07, 6.45) is 3.83. The number of rotatable bonds is 6. The van der Waals surface area contributed by atoms with Crippen molar-refractivity contribution in [1.82, 2.24) is 14.8 Å². The summed E-state index contributed by atoms with van der Waals surface area (Å²) in [6.45, 7) is 11.0. The van der Waals surface area contributed by atoms with Gasteiger partial charge in [0.25, 0.3) is 0 Å². The first-order valence-electron chi connectivity index (χ1n) is 7.69. The quantitative estimate of drug-likeness (QED) is 0.754. The standard InChI is InChI=1S/C17H25N3O/c1-4-19(12-14(2)3)17(21)16-9-7-11-20(16)13-15-8-5-6-10-18-15/h5-6,8,10,16H,2,4,7,9,11-13H2,1,3H3. The van der Waals surface area contributed by atoms with Crippen LogP contribution in [0.25, 0.3) is 0 Å². The Morgan fingerprint density at radius 2 is 2.33 bits per heavy atom. The van der Waals surface area contributed by atoms with Gasteiger partial charge in [-0.05, 0) is 45.4 Å². The molecule has 1 saturated heterocycles. The topological polar surface area (TPSA) is 36.4 Å². The van der Waals surface area contributed by atoms with Crippen LogP contribution >= 0.6 is 0 Å². The van der Waals surface area contributed by atoms with Gasteiger partial charge in [0.15, 0.2) is 0 Å². The molecule has 1 unspecified atom stereocenters. The number of amides is 1. The van der Waals surface area contributed by atoms with Crippen molar-refractivity contribution in [3.05, 3.63) is 42.2 Å². The number of likely N-dealkylation sites (N-methyl/N-ethyl adjacent to an activating group) is 1. The van der Waals surface area contributed by atoms with Gasteiger partial charge in [0, 0.05) is 25.8 Å². The number of hydrogen-bond donors (Lipinski definition) is 0. The molecule has 1 aliphatic rings. The third-order valence-electron chi connectivity index (χ3n) is 3.89. The average molecular weight is 287 g/mol. The predicted octanol–water partition coefficient (Wildman–Crippen LogP) is 2.47. The minimum Gasteiger partial charge on any atom is -0.338 e. The molecule has 1 aliphatic heterocycles. The lowest BCUT2D eigenvalue weighted by Crippen LogP contribution is -2.45. The Labute approximate surface area is 127 Å². The largest absolute Gasteiger partial charge is 0.338 e. The molecule has 1 amide bonds. The van der Waals surface area contributed by atoms with Gasteiger partial charge in [-0.15, -0.1) is 0 Å². The molecule has 2 rings (SSSR count). The summed E-state index contributed by atoms with van der Waals surface area (Å²) >= 11 is 0. The first kappa shape index (κ1) is 15.7. The van der Waals surface area contributed by atoms with E-state index in [9.17, 15) is 4.79 Å². The maximum absolute atomic E-state index is 12.7. The Morgan fingerprint density at radius 1 is 1.52 bits per heavy atom. The molecule has 0 N–H and O–H groups in total. The number of aromatic nitrogens is 1. The smallest absolute Gasteiger partial charge is 0.240 e. The van der Waals surface area contributed by atoms with E-state index in [2.05, 4.69) is 16.5 Å². The van der Waals surface area contributed by atoms with Gasteiger partial charge in [0.2, 0.25) is 5.91 Å². The molecule has 0 spiro atoms. The van der Waals surface area contributed by atoms with Crippen LogP contribution in [-0.4, -0.2) is 46.4 Å². The van der Waals surface area contributed by atoms with E-state index < -0.39 is 0 Å². The van der Waals surface area contributed by atoms with Crippen LogP contribution in [0.4, 0.5) is 0 Å². The van der Waals surface area contributed by atoms with Crippen LogP contribution < -0.4 is 0 Å². The highest BCUT2D eigenvalue weighted by molar-refractivity contribution is 5.82. The molecule has 1 atom stereocenters. The fourth-order valence-corrected chi connectivity index (χ4v) is 2.88. The number of nitrogens with zero attached hydrogens (tertiary/aromatic N) is 3. The second-order valence-electron chi connectivity index (χ2n) is 5.76. The summed E-state index contributed by atoms with van der Waals surface area (Å²) in [5.74, 6) is 0.230. The van der Waals surface area contributed by atoms with Gasteiger partial charge < -0.3 is 4.90 Å². The van der Waals surface area contributed by atoms with E-state index in [1.54, 1.807) is 0 Å². The predicted molar refractivity (Wildman–Crippen MR) is 84.7 cm³/mol. The molecule has 21 heavy (non-hydrogen) atoms. The lowest BCUT2D eigenvalue weighted by atomic mass is 10.1. The second-order valence-corrected chi connectivity index (χ2v) is 5.76.